The van der Waals surface area contributed by atoms with Gasteiger partial charge in [-0.15, -0.1) is 0 Å². The standard InChI is InChI=1S/C18H27NO2/c20-18-9-4-8-15-16(18)10-11-17(15)19-12-5-13-21-14-6-2-1-3-7-14/h4,8-9,14,17,19-20H,1-3,5-7,10-13H2. The van der Waals surface area contributed by atoms with Crippen molar-refractivity contribution < 1.29 is 9.84 Å². The predicted octanol–water partition coefficient (Wildman–Crippen LogP) is 3.71. The van der Waals surface area contributed by atoms with Crippen LogP contribution in [0, 0.1) is 0 Å². The normalized spacial score (nSPS) is 22.4. The molecule has 1 fully saturated rings. The second-order valence-electron chi connectivity index (χ2n) is 6.37. The summed E-state index contributed by atoms with van der Waals surface area (Å²) in [4.78, 5) is 0. The Labute approximate surface area is 127 Å². The molecule has 3 heteroatoms. The number of hydrogen-bond acceptors (Lipinski definition) is 3. The van der Waals surface area contributed by atoms with E-state index >= 15 is 0 Å². The molecule has 21 heavy (non-hydrogen) atoms. The average Bonchev–Trinajstić information content (AvgIpc) is 2.93. The van der Waals surface area contributed by atoms with Crippen LogP contribution in [0.3, 0.4) is 0 Å². The van der Waals surface area contributed by atoms with Gasteiger partial charge < -0.3 is 15.2 Å². The van der Waals surface area contributed by atoms with E-state index in [9.17, 15) is 5.11 Å². The lowest BCUT2D eigenvalue weighted by molar-refractivity contribution is 0.0271. The van der Waals surface area contributed by atoms with Gasteiger partial charge in [-0.05, 0) is 55.8 Å². The zero-order valence-corrected chi connectivity index (χ0v) is 12.8. The van der Waals surface area contributed by atoms with Crippen LogP contribution in [0.1, 0.15) is 62.1 Å². The summed E-state index contributed by atoms with van der Waals surface area (Å²) >= 11 is 0. The first-order chi connectivity index (χ1) is 10.3. The van der Waals surface area contributed by atoms with Crippen LogP contribution in [-0.4, -0.2) is 24.4 Å². The molecule has 0 aliphatic heterocycles. The fourth-order valence-corrected chi connectivity index (χ4v) is 3.68. The minimum Gasteiger partial charge on any atom is -0.508 e. The van der Waals surface area contributed by atoms with Gasteiger partial charge in [0.15, 0.2) is 0 Å². The first-order valence-electron chi connectivity index (χ1n) is 8.50. The molecule has 2 aliphatic rings. The van der Waals surface area contributed by atoms with Gasteiger partial charge in [-0.2, -0.15) is 0 Å². The van der Waals surface area contributed by atoms with E-state index in [-0.39, 0.29) is 0 Å². The number of nitrogens with one attached hydrogen (secondary N) is 1. The summed E-state index contributed by atoms with van der Waals surface area (Å²) in [5.41, 5.74) is 2.41. The number of aromatic hydroxyl groups is 1. The number of ether oxygens (including phenoxy) is 1. The largest absolute Gasteiger partial charge is 0.508 e. The summed E-state index contributed by atoms with van der Waals surface area (Å²) in [7, 11) is 0. The van der Waals surface area contributed by atoms with Gasteiger partial charge in [-0.1, -0.05) is 31.4 Å². The van der Waals surface area contributed by atoms with E-state index in [1.165, 1.54) is 37.7 Å². The van der Waals surface area contributed by atoms with E-state index in [4.69, 9.17) is 4.74 Å². The Bertz CT molecular complexity index is 455. The number of phenolic OH excluding ortho intramolecular Hbond substituents is 1. The monoisotopic (exact) mass is 289 g/mol. The minimum atomic E-state index is 0.404. The summed E-state index contributed by atoms with van der Waals surface area (Å²) in [6.07, 6.45) is 10.2. The van der Waals surface area contributed by atoms with Crippen LogP contribution in [0.2, 0.25) is 0 Å². The summed E-state index contributed by atoms with van der Waals surface area (Å²) in [6.45, 7) is 1.86. The maximum atomic E-state index is 9.86. The maximum Gasteiger partial charge on any atom is 0.119 e. The highest BCUT2D eigenvalue weighted by Gasteiger charge is 2.23. The maximum absolute atomic E-state index is 9.86. The molecular formula is C18H27NO2. The molecule has 2 N–H and O–H groups in total. The molecule has 0 bridgehead atoms. The third kappa shape index (κ3) is 3.78. The molecule has 0 aromatic heterocycles. The van der Waals surface area contributed by atoms with Gasteiger partial charge in [-0.3, -0.25) is 0 Å². The lowest BCUT2D eigenvalue weighted by Gasteiger charge is -2.22. The van der Waals surface area contributed by atoms with Crippen molar-refractivity contribution >= 4 is 0 Å². The molecule has 1 atom stereocenters. The number of fused-ring (bicyclic) bond motifs is 1. The molecule has 0 amide bonds. The summed E-state index contributed by atoms with van der Waals surface area (Å²) in [5.74, 6) is 0.456. The molecule has 1 saturated carbocycles. The van der Waals surface area contributed by atoms with Crippen LogP contribution in [0.15, 0.2) is 18.2 Å². The van der Waals surface area contributed by atoms with Crippen LogP contribution in [-0.2, 0) is 11.2 Å². The number of rotatable bonds is 6. The topological polar surface area (TPSA) is 41.5 Å². The third-order valence-corrected chi connectivity index (χ3v) is 4.86. The van der Waals surface area contributed by atoms with E-state index in [0.717, 1.165) is 38.0 Å². The Balaban J connectivity index is 1.36. The molecule has 1 aromatic carbocycles. The van der Waals surface area contributed by atoms with Crippen LogP contribution in [0.4, 0.5) is 0 Å². The Hall–Kier alpha value is -1.06. The van der Waals surface area contributed by atoms with Crippen molar-refractivity contribution in [3.05, 3.63) is 29.3 Å². The fraction of sp³-hybridized carbons (Fsp3) is 0.667. The lowest BCUT2D eigenvalue weighted by Crippen LogP contribution is -2.23. The molecule has 0 radical (unpaired) electrons. The van der Waals surface area contributed by atoms with Gasteiger partial charge in [0.05, 0.1) is 6.10 Å². The van der Waals surface area contributed by atoms with Crippen molar-refractivity contribution in [2.45, 2.75) is 63.5 Å². The molecule has 0 heterocycles. The van der Waals surface area contributed by atoms with Crippen molar-refractivity contribution in [2.75, 3.05) is 13.2 Å². The SMILES string of the molecule is Oc1cccc2c1CCC2NCCCOC1CCCCC1. The molecule has 3 rings (SSSR count). The third-order valence-electron chi connectivity index (χ3n) is 4.86. The molecule has 1 aromatic rings. The van der Waals surface area contributed by atoms with Crippen molar-refractivity contribution in [3.8, 4) is 5.75 Å². The van der Waals surface area contributed by atoms with Crippen molar-refractivity contribution in [2.24, 2.45) is 0 Å². The number of phenols is 1. The molecule has 0 spiro atoms. The van der Waals surface area contributed by atoms with E-state index in [1.807, 2.05) is 6.07 Å². The molecule has 0 saturated heterocycles. The Morgan fingerprint density at radius 3 is 2.86 bits per heavy atom. The van der Waals surface area contributed by atoms with Gasteiger partial charge in [0.2, 0.25) is 0 Å². The number of hydrogen-bond donors (Lipinski definition) is 2. The molecular weight excluding hydrogens is 262 g/mol. The first-order valence-corrected chi connectivity index (χ1v) is 8.50. The Morgan fingerprint density at radius 1 is 1.14 bits per heavy atom. The van der Waals surface area contributed by atoms with Crippen LogP contribution >= 0.6 is 0 Å². The highest BCUT2D eigenvalue weighted by atomic mass is 16.5. The molecule has 116 valence electrons. The lowest BCUT2D eigenvalue weighted by atomic mass is 9.98. The Morgan fingerprint density at radius 2 is 2.00 bits per heavy atom. The summed E-state index contributed by atoms with van der Waals surface area (Å²) < 4.78 is 5.96. The quantitative estimate of drug-likeness (QED) is 0.784. The van der Waals surface area contributed by atoms with Crippen molar-refractivity contribution in [1.82, 2.24) is 5.32 Å². The Kier molecular flexibility index (Phi) is 5.15. The van der Waals surface area contributed by atoms with Gasteiger partial charge in [0.25, 0.3) is 0 Å². The highest BCUT2D eigenvalue weighted by Crippen LogP contribution is 2.36. The average molecular weight is 289 g/mol. The summed E-state index contributed by atoms with van der Waals surface area (Å²) in [6, 6.07) is 6.28. The van der Waals surface area contributed by atoms with E-state index in [0.29, 0.717) is 17.9 Å². The van der Waals surface area contributed by atoms with Crippen molar-refractivity contribution in [3.63, 3.8) is 0 Å². The highest BCUT2D eigenvalue weighted by molar-refractivity contribution is 5.44. The second-order valence-corrected chi connectivity index (χ2v) is 6.37. The van der Waals surface area contributed by atoms with E-state index < -0.39 is 0 Å². The van der Waals surface area contributed by atoms with Gasteiger partial charge in [0.1, 0.15) is 5.75 Å². The molecule has 3 nitrogen and oxygen atoms in total. The van der Waals surface area contributed by atoms with Gasteiger partial charge in [-0.25, -0.2) is 0 Å². The van der Waals surface area contributed by atoms with Gasteiger partial charge >= 0.3 is 0 Å². The van der Waals surface area contributed by atoms with Gasteiger partial charge in [0, 0.05) is 12.6 Å². The summed E-state index contributed by atoms with van der Waals surface area (Å²) in [5, 5.41) is 13.5. The molecule has 1 unspecified atom stereocenters. The fourth-order valence-electron chi connectivity index (χ4n) is 3.68. The van der Waals surface area contributed by atoms with E-state index in [1.54, 1.807) is 6.07 Å². The zero-order valence-electron chi connectivity index (χ0n) is 12.8. The second kappa shape index (κ2) is 7.28. The smallest absolute Gasteiger partial charge is 0.119 e. The first kappa shape index (κ1) is 14.9. The van der Waals surface area contributed by atoms with E-state index in [2.05, 4.69) is 11.4 Å². The van der Waals surface area contributed by atoms with Crippen LogP contribution in [0.25, 0.3) is 0 Å². The zero-order chi connectivity index (χ0) is 14.5. The predicted molar refractivity (Wildman–Crippen MR) is 84.6 cm³/mol. The van der Waals surface area contributed by atoms with Crippen molar-refractivity contribution in [1.29, 1.82) is 0 Å². The number of benzene rings is 1. The molecule has 2 aliphatic carbocycles. The minimum absolute atomic E-state index is 0.404. The van der Waals surface area contributed by atoms with Crippen LogP contribution < -0.4 is 5.32 Å². The van der Waals surface area contributed by atoms with Crippen LogP contribution in [0.5, 0.6) is 5.75 Å².